The number of ether oxygens (including phenoxy) is 1. The maximum atomic E-state index is 15.0. The summed E-state index contributed by atoms with van der Waals surface area (Å²) in [7, 11) is 1.50. The fraction of sp³-hybridized carbons (Fsp3) is 0.364. The number of furan rings is 1. The first-order valence-electron chi connectivity index (χ1n) is 15.1. The number of nitrogens with two attached hydrogens (primary N) is 1. The standard InChI is InChI=1S/C33H33F4N5O5/c1-39-29(43)27-11-10-21(47-27)16-40-14-12-32(13-15-40)28-26(19-46-32)41(17-22-23(33(35,36)37)8-5-9-24(22)34)31(45)42(30(28)44)18-25(38)20-6-3-2-4-7-20/h2-11,25H,12-19,38H2,1H3,(H,39,43)/t25-/m0/s1. The van der Waals surface area contributed by atoms with Gasteiger partial charge in [0.2, 0.25) is 0 Å². The minimum absolute atomic E-state index is 0.121. The van der Waals surface area contributed by atoms with Crippen molar-refractivity contribution >= 4 is 5.91 Å². The van der Waals surface area contributed by atoms with Crippen LogP contribution in [-0.2, 0) is 42.8 Å². The van der Waals surface area contributed by atoms with E-state index >= 15 is 4.39 Å². The molecule has 2 aliphatic heterocycles. The summed E-state index contributed by atoms with van der Waals surface area (Å²) in [6, 6.07) is 13.9. The number of aromatic nitrogens is 2. The summed E-state index contributed by atoms with van der Waals surface area (Å²) in [6.07, 6.45) is -4.22. The summed E-state index contributed by atoms with van der Waals surface area (Å²) in [5, 5.41) is 2.51. The van der Waals surface area contributed by atoms with Gasteiger partial charge in [-0.2, -0.15) is 13.2 Å². The maximum Gasteiger partial charge on any atom is 0.416 e. The number of rotatable bonds is 8. The van der Waals surface area contributed by atoms with Crippen molar-refractivity contribution in [2.75, 3.05) is 20.1 Å². The molecule has 2 aliphatic rings. The summed E-state index contributed by atoms with van der Waals surface area (Å²) < 4.78 is 70.8. The molecule has 0 unspecified atom stereocenters. The smallest absolute Gasteiger partial charge is 0.416 e. The number of piperidine rings is 1. The van der Waals surface area contributed by atoms with Crippen LogP contribution < -0.4 is 22.3 Å². The van der Waals surface area contributed by atoms with Gasteiger partial charge < -0.3 is 20.2 Å². The van der Waals surface area contributed by atoms with Crippen molar-refractivity contribution in [3.63, 3.8) is 0 Å². The molecule has 47 heavy (non-hydrogen) atoms. The zero-order chi connectivity index (χ0) is 33.5. The predicted octanol–water partition coefficient (Wildman–Crippen LogP) is 3.89. The van der Waals surface area contributed by atoms with Crippen LogP contribution in [0.3, 0.4) is 0 Å². The van der Waals surface area contributed by atoms with Gasteiger partial charge in [0, 0.05) is 31.7 Å². The quantitative estimate of drug-likeness (QED) is 0.276. The molecule has 0 bridgehead atoms. The highest BCUT2D eigenvalue weighted by atomic mass is 19.4. The second kappa shape index (κ2) is 12.6. The van der Waals surface area contributed by atoms with E-state index in [1.54, 1.807) is 42.5 Å². The van der Waals surface area contributed by atoms with Crippen LogP contribution >= 0.6 is 0 Å². The summed E-state index contributed by atoms with van der Waals surface area (Å²) in [5.41, 5.74) is 2.76. The third kappa shape index (κ3) is 6.15. The fourth-order valence-corrected chi connectivity index (χ4v) is 6.49. The lowest BCUT2D eigenvalue weighted by Gasteiger charge is -2.38. The molecule has 1 saturated heterocycles. The van der Waals surface area contributed by atoms with Crippen molar-refractivity contribution in [3.8, 4) is 0 Å². The summed E-state index contributed by atoms with van der Waals surface area (Å²) in [4.78, 5) is 42.1. The van der Waals surface area contributed by atoms with E-state index in [2.05, 4.69) is 10.2 Å². The molecule has 248 valence electrons. The molecule has 0 radical (unpaired) electrons. The zero-order valence-corrected chi connectivity index (χ0v) is 25.5. The number of carbonyl (C=O) groups is 1. The first-order valence-corrected chi connectivity index (χ1v) is 15.1. The van der Waals surface area contributed by atoms with Gasteiger partial charge in [-0.25, -0.2) is 9.18 Å². The number of nitrogens with zero attached hydrogens (tertiary/aromatic N) is 3. The lowest BCUT2D eigenvalue weighted by atomic mass is 9.85. The van der Waals surface area contributed by atoms with Crippen molar-refractivity contribution in [1.29, 1.82) is 0 Å². The van der Waals surface area contributed by atoms with E-state index in [9.17, 15) is 27.6 Å². The molecule has 6 rings (SSSR count). The number of halogens is 4. The van der Waals surface area contributed by atoms with Crippen LogP contribution in [0.1, 0.15) is 63.1 Å². The Morgan fingerprint density at radius 3 is 2.40 bits per heavy atom. The topological polar surface area (TPSA) is 125 Å². The Kier molecular flexibility index (Phi) is 8.68. The number of nitrogens with one attached hydrogen (secondary N) is 1. The van der Waals surface area contributed by atoms with Gasteiger partial charge in [0.25, 0.3) is 11.5 Å². The third-order valence-corrected chi connectivity index (χ3v) is 8.98. The highest BCUT2D eigenvalue weighted by molar-refractivity contribution is 5.91. The van der Waals surface area contributed by atoms with Gasteiger partial charge >= 0.3 is 11.9 Å². The molecule has 1 atom stereocenters. The predicted molar refractivity (Wildman–Crippen MR) is 162 cm³/mol. The average molecular weight is 656 g/mol. The molecule has 4 heterocycles. The molecule has 2 aromatic carbocycles. The van der Waals surface area contributed by atoms with Gasteiger partial charge in [0.15, 0.2) is 5.76 Å². The SMILES string of the molecule is CNC(=O)c1ccc(CN2CCC3(CC2)OCc2c3c(=O)n(C[C@H](N)c3ccccc3)c(=O)n2Cc2c(F)cccc2C(F)(F)F)o1. The zero-order valence-electron chi connectivity index (χ0n) is 25.5. The van der Waals surface area contributed by atoms with Crippen LogP contribution in [0, 0.1) is 5.82 Å². The number of fused-ring (bicyclic) bond motifs is 2. The summed E-state index contributed by atoms with van der Waals surface area (Å²) in [6.45, 7) is 0.0537. The van der Waals surface area contributed by atoms with Crippen molar-refractivity contribution in [2.45, 2.75) is 56.9 Å². The Bertz CT molecular complexity index is 1910. The molecule has 3 N–H and O–H groups in total. The van der Waals surface area contributed by atoms with E-state index in [0.717, 1.165) is 27.3 Å². The number of likely N-dealkylation sites (tertiary alicyclic amines) is 1. The Balaban J connectivity index is 1.38. The minimum Gasteiger partial charge on any atom is -0.455 e. The van der Waals surface area contributed by atoms with E-state index in [0.29, 0.717) is 43.8 Å². The van der Waals surface area contributed by atoms with Crippen LogP contribution in [0.15, 0.2) is 74.7 Å². The molecule has 0 saturated carbocycles. The molecule has 0 aliphatic carbocycles. The first kappa shape index (κ1) is 32.4. The van der Waals surface area contributed by atoms with Crippen LogP contribution in [0.2, 0.25) is 0 Å². The largest absolute Gasteiger partial charge is 0.455 e. The van der Waals surface area contributed by atoms with Crippen LogP contribution in [0.25, 0.3) is 0 Å². The molecule has 1 amide bonds. The monoisotopic (exact) mass is 655 g/mol. The van der Waals surface area contributed by atoms with Crippen LogP contribution in [-0.4, -0.2) is 40.1 Å². The highest BCUT2D eigenvalue weighted by Crippen LogP contribution is 2.43. The number of alkyl halides is 3. The third-order valence-electron chi connectivity index (χ3n) is 8.98. The molecule has 1 spiro atoms. The van der Waals surface area contributed by atoms with E-state index in [4.69, 9.17) is 14.9 Å². The fourth-order valence-electron chi connectivity index (χ4n) is 6.49. The molecule has 2 aromatic heterocycles. The molecular weight excluding hydrogens is 622 g/mol. The van der Waals surface area contributed by atoms with E-state index in [1.807, 2.05) is 0 Å². The molecule has 4 aromatic rings. The van der Waals surface area contributed by atoms with Gasteiger partial charge in [-0.1, -0.05) is 36.4 Å². The number of hydrogen-bond acceptors (Lipinski definition) is 7. The summed E-state index contributed by atoms with van der Waals surface area (Å²) in [5.74, 6) is -0.723. The van der Waals surface area contributed by atoms with Crippen molar-refractivity contribution in [3.05, 3.63) is 127 Å². The van der Waals surface area contributed by atoms with Gasteiger partial charge in [0.1, 0.15) is 17.2 Å². The van der Waals surface area contributed by atoms with Gasteiger partial charge in [-0.05, 0) is 42.7 Å². The average Bonchev–Trinajstić information content (AvgIpc) is 3.67. The second-order valence-corrected chi connectivity index (χ2v) is 11.8. The van der Waals surface area contributed by atoms with Crippen LogP contribution in [0.5, 0.6) is 0 Å². The normalized spacial score (nSPS) is 16.7. The number of carbonyl (C=O) groups excluding carboxylic acids is 1. The molecule has 10 nitrogen and oxygen atoms in total. The second-order valence-electron chi connectivity index (χ2n) is 11.8. The van der Waals surface area contributed by atoms with Gasteiger partial charge in [0.05, 0.1) is 43.1 Å². The van der Waals surface area contributed by atoms with E-state index < -0.39 is 52.6 Å². The van der Waals surface area contributed by atoms with Crippen molar-refractivity contribution in [2.24, 2.45) is 5.73 Å². The molecular formula is C33H33F4N5O5. The number of hydrogen-bond donors (Lipinski definition) is 2. The minimum atomic E-state index is -4.88. The Morgan fingerprint density at radius 2 is 1.72 bits per heavy atom. The van der Waals surface area contributed by atoms with Gasteiger partial charge in [-0.3, -0.25) is 23.6 Å². The first-order chi connectivity index (χ1) is 22.4. The van der Waals surface area contributed by atoms with Crippen LogP contribution in [0.4, 0.5) is 17.6 Å². The Labute approximate surface area is 266 Å². The van der Waals surface area contributed by atoms with Crippen molar-refractivity contribution < 1.29 is 31.5 Å². The molecule has 1 fully saturated rings. The van der Waals surface area contributed by atoms with E-state index in [1.165, 1.54) is 7.05 Å². The highest BCUT2D eigenvalue weighted by Gasteiger charge is 2.47. The number of amides is 1. The maximum absolute atomic E-state index is 15.0. The Hall–Kier alpha value is -4.53. The van der Waals surface area contributed by atoms with E-state index in [-0.39, 0.29) is 36.1 Å². The lowest BCUT2D eigenvalue weighted by molar-refractivity contribution is -0.138. The molecule has 14 heteroatoms. The Morgan fingerprint density at radius 1 is 1.00 bits per heavy atom. The van der Waals surface area contributed by atoms with Gasteiger partial charge in [-0.15, -0.1) is 0 Å². The number of benzene rings is 2. The lowest BCUT2D eigenvalue weighted by Crippen LogP contribution is -2.49. The van der Waals surface area contributed by atoms with Crippen molar-refractivity contribution in [1.82, 2.24) is 19.4 Å². The summed E-state index contributed by atoms with van der Waals surface area (Å²) >= 11 is 0.